The first-order chi connectivity index (χ1) is 7.54. The third-order valence-corrected chi connectivity index (χ3v) is 5.49. The molecule has 2 atom stereocenters. The average Bonchev–Trinajstić information content (AvgIpc) is 2.50. The maximum absolute atomic E-state index is 12.1. The summed E-state index contributed by atoms with van der Waals surface area (Å²) in [5, 5.41) is 0. The van der Waals surface area contributed by atoms with Crippen molar-refractivity contribution in [2.75, 3.05) is 19.5 Å². The lowest BCUT2D eigenvalue weighted by Crippen LogP contribution is -2.51. The van der Waals surface area contributed by atoms with E-state index in [2.05, 4.69) is 0 Å². The Morgan fingerprint density at radius 3 is 2.38 bits per heavy atom. The monoisotopic (exact) mass is 248 g/mol. The highest BCUT2D eigenvalue weighted by Crippen LogP contribution is 2.37. The molecule has 2 heterocycles. The summed E-state index contributed by atoms with van der Waals surface area (Å²) in [4.78, 5) is 0. The Morgan fingerprint density at radius 2 is 1.88 bits per heavy atom. The second-order valence-electron chi connectivity index (χ2n) is 4.76. The van der Waals surface area contributed by atoms with E-state index in [-0.39, 0.29) is 30.5 Å². The Hall–Kier alpha value is -0.170. The van der Waals surface area contributed by atoms with Gasteiger partial charge in [0, 0.05) is 25.2 Å². The van der Waals surface area contributed by atoms with E-state index in [4.69, 9.17) is 10.5 Å². The minimum absolute atomic E-state index is 0.0890. The average molecular weight is 248 g/mol. The molecule has 0 amide bonds. The molecule has 2 saturated heterocycles. The van der Waals surface area contributed by atoms with Crippen LogP contribution in [0, 0.1) is 0 Å². The zero-order valence-electron chi connectivity index (χ0n) is 9.63. The number of nitrogens with zero attached hydrogens (tertiary/aromatic N) is 1. The van der Waals surface area contributed by atoms with E-state index in [1.807, 2.05) is 0 Å². The summed E-state index contributed by atoms with van der Waals surface area (Å²) in [6, 6.07) is 0.442. The van der Waals surface area contributed by atoms with Gasteiger partial charge < -0.3 is 10.5 Å². The van der Waals surface area contributed by atoms with Gasteiger partial charge in [-0.1, -0.05) is 0 Å². The number of hydrogen-bond donors (Lipinski definition) is 1. The number of rotatable bonds is 4. The molecule has 2 unspecified atom stereocenters. The van der Waals surface area contributed by atoms with Crippen molar-refractivity contribution < 1.29 is 13.2 Å². The number of ether oxygens (including phenoxy) is 1. The lowest BCUT2D eigenvalue weighted by Gasteiger charge is -2.36. The zero-order valence-corrected chi connectivity index (χ0v) is 10.4. The molecule has 0 spiro atoms. The van der Waals surface area contributed by atoms with Crippen molar-refractivity contribution in [3.05, 3.63) is 0 Å². The highest BCUT2D eigenvalue weighted by molar-refractivity contribution is 7.89. The van der Waals surface area contributed by atoms with Crippen LogP contribution in [-0.4, -0.2) is 50.3 Å². The van der Waals surface area contributed by atoms with E-state index in [0.717, 1.165) is 25.7 Å². The van der Waals surface area contributed by atoms with Gasteiger partial charge in [0.15, 0.2) is 0 Å². The van der Waals surface area contributed by atoms with Crippen molar-refractivity contribution in [2.24, 2.45) is 5.73 Å². The number of hydrogen-bond acceptors (Lipinski definition) is 4. The SMILES string of the molecule is COCCS(=O)(=O)N1C2CCC1CC(N)C2. The third kappa shape index (κ3) is 2.25. The summed E-state index contributed by atoms with van der Waals surface area (Å²) in [5.41, 5.74) is 5.92. The first-order valence-electron chi connectivity index (χ1n) is 5.80. The van der Waals surface area contributed by atoms with Gasteiger partial charge in [-0.05, 0) is 25.7 Å². The first-order valence-corrected chi connectivity index (χ1v) is 7.41. The Morgan fingerprint density at radius 1 is 1.31 bits per heavy atom. The topological polar surface area (TPSA) is 72.6 Å². The molecule has 2 aliphatic rings. The molecule has 0 aromatic carbocycles. The molecule has 2 bridgehead atoms. The molecule has 2 fully saturated rings. The fourth-order valence-electron chi connectivity index (χ4n) is 2.92. The lowest BCUT2D eigenvalue weighted by atomic mass is 10.0. The summed E-state index contributed by atoms with van der Waals surface area (Å²) in [6.45, 7) is 0.268. The molecular formula is C10H20N2O3S. The van der Waals surface area contributed by atoms with Crippen molar-refractivity contribution in [1.82, 2.24) is 4.31 Å². The molecule has 0 aliphatic carbocycles. The summed E-state index contributed by atoms with van der Waals surface area (Å²) in [6.07, 6.45) is 3.54. The number of sulfonamides is 1. The van der Waals surface area contributed by atoms with Gasteiger partial charge in [-0.3, -0.25) is 0 Å². The first kappa shape index (κ1) is 12.3. The van der Waals surface area contributed by atoms with Crippen LogP contribution in [0.15, 0.2) is 0 Å². The highest BCUT2D eigenvalue weighted by Gasteiger charge is 2.45. The summed E-state index contributed by atoms with van der Waals surface area (Å²) in [7, 11) is -1.63. The van der Waals surface area contributed by atoms with Gasteiger partial charge >= 0.3 is 0 Å². The molecule has 0 radical (unpaired) electrons. The largest absolute Gasteiger partial charge is 0.384 e. The van der Waals surface area contributed by atoms with Crippen LogP contribution in [0.5, 0.6) is 0 Å². The van der Waals surface area contributed by atoms with Gasteiger partial charge in [0.05, 0.1) is 12.4 Å². The minimum atomic E-state index is -3.15. The molecule has 6 heteroatoms. The Kier molecular flexibility index (Phi) is 3.53. The molecule has 2 N–H and O–H groups in total. The van der Waals surface area contributed by atoms with Crippen LogP contribution in [0.25, 0.3) is 0 Å². The van der Waals surface area contributed by atoms with E-state index in [9.17, 15) is 8.42 Å². The Balaban J connectivity index is 2.10. The number of piperidine rings is 1. The van der Waals surface area contributed by atoms with Gasteiger partial charge in [-0.2, -0.15) is 4.31 Å². The van der Waals surface area contributed by atoms with Crippen LogP contribution in [0.1, 0.15) is 25.7 Å². The van der Waals surface area contributed by atoms with Crippen LogP contribution in [0.2, 0.25) is 0 Å². The molecule has 2 rings (SSSR count). The molecular weight excluding hydrogens is 228 g/mol. The lowest BCUT2D eigenvalue weighted by molar-refractivity contribution is 0.205. The molecule has 16 heavy (non-hydrogen) atoms. The van der Waals surface area contributed by atoms with Gasteiger partial charge in [0.1, 0.15) is 0 Å². The molecule has 5 nitrogen and oxygen atoms in total. The van der Waals surface area contributed by atoms with Crippen molar-refractivity contribution in [1.29, 1.82) is 0 Å². The predicted molar refractivity (Wildman–Crippen MR) is 61.5 cm³/mol. The smallest absolute Gasteiger partial charge is 0.216 e. The predicted octanol–water partition coefficient (Wildman–Crippen LogP) is -0.0833. The standard InChI is InChI=1S/C10H20N2O3S/c1-15-4-5-16(13,14)12-9-2-3-10(12)7-8(11)6-9/h8-10H,2-7,11H2,1H3. The van der Waals surface area contributed by atoms with E-state index >= 15 is 0 Å². The molecule has 0 saturated carbocycles. The maximum Gasteiger partial charge on any atom is 0.216 e. The van der Waals surface area contributed by atoms with Gasteiger partial charge in [-0.15, -0.1) is 0 Å². The maximum atomic E-state index is 12.1. The number of fused-ring (bicyclic) bond motifs is 2. The fraction of sp³-hybridized carbons (Fsp3) is 1.00. The second kappa shape index (κ2) is 4.60. The second-order valence-corrected chi connectivity index (χ2v) is 6.75. The van der Waals surface area contributed by atoms with Crippen molar-refractivity contribution in [3.63, 3.8) is 0 Å². The van der Waals surface area contributed by atoms with Gasteiger partial charge in [0.25, 0.3) is 0 Å². The summed E-state index contributed by atoms with van der Waals surface area (Å²) < 4.78 is 30.8. The van der Waals surface area contributed by atoms with Crippen molar-refractivity contribution in [2.45, 2.75) is 43.8 Å². The fourth-order valence-corrected chi connectivity index (χ4v) is 4.80. The van der Waals surface area contributed by atoms with Crippen LogP contribution in [0.4, 0.5) is 0 Å². The third-order valence-electron chi connectivity index (χ3n) is 3.57. The quantitative estimate of drug-likeness (QED) is 0.755. The molecule has 2 aliphatic heterocycles. The normalized spacial score (nSPS) is 35.5. The highest BCUT2D eigenvalue weighted by atomic mass is 32.2. The minimum Gasteiger partial charge on any atom is -0.384 e. The molecule has 0 aromatic rings. The van der Waals surface area contributed by atoms with Crippen LogP contribution >= 0.6 is 0 Å². The molecule has 94 valence electrons. The van der Waals surface area contributed by atoms with E-state index in [1.54, 1.807) is 4.31 Å². The van der Waals surface area contributed by atoms with Crippen LogP contribution in [0.3, 0.4) is 0 Å². The number of methoxy groups -OCH3 is 1. The molecule has 0 aromatic heterocycles. The summed E-state index contributed by atoms with van der Waals surface area (Å²) >= 11 is 0. The summed E-state index contributed by atoms with van der Waals surface area (Å²) in [5.74, 6) is 0.0890. The zero-order chi connectivity index (χ0) is 11.8. The van der Waals surface area contributed by atoms with Gasteiger partial charge in [-0.25, -0.2) is 8.42 Å². The van der Waals surface area contributed by atoms with Crippen molar-refractivity contribution in [3.8, 4) is 0 Å². The van der Waals surface area contributed by atoms with Crippen LogP contribution in [-0.2, 0) is 14.8 Å². The van der Waals surface area contributed by atoms with Gasteiger partial charge in [0.2, 0.25) is 10.0 Å². The number of nitrogens with two attached hydrogens (primary N) is 1. The van der Waals surface area contributed by atoms with Crippen molar-refractivity contribution >= 4 is 10.0 Å². The Bertz CT molecular complexity index is 330. The van der Waals surface area contributed by atoms with Crippen LogP contribution < -0.4 is 5.73 Å². The van der Waals surface area contributed by atoms with E-state index < -0.39 is 10.0 Å². The van der Waals surface area contributed by atoms with E-state index in [1.165, 1.54) is 7.11 Å². The Labute approximate surface area is 97.0 Å². The van der Waals surface area contributed by atoms with E-state index in [0.29, 0.717) is 0 Å².